The summed E-state index contributed by atoms with van der Waals surface area (Å²) in [5.41, 5.74) is 2.46. The minimum atomic E-state index is -0.631. The molecule has 1 aliphatic heterocycles. The van der Waals surface area contributed by atoms with E-state index >= 15 is 0 Å². The topological polar surface area (TPSA) is 69.9 Å². The van der Waals surface area contributed by atoms with Crippen molar-refractivity contribution in [1.29, 1.82) is 0 Å². The van der Waals surface area contributed by atoms with Crippen LogP contribution in [-0.4, -0.2) is 23.8 Å². The van der Waals surface area contributed by atoms with Crippen molar-refractivity contribution in [2.45, 2.75) is 26.8 Å². The molecule has 0 fully saturated rings. The van der Waals surface area contributed by atoms with E-state index in [9.17, 15) is 9.59 Å². The Bertz CT molecular complexity index is 1400. The number of esters is 1. The molecule has 2 aromatic carbocycles. The zero-order valence-electron chi connectivity index (χ0n) is 18.5. The zero-order valence-corrected chi connectivity index (χ0v) is 21.5. The number of allylic oxidation sites excluding steroid dienone is 1. The highest BCUT2D eigenvalue weighted by atomic mass is 127. The average Bonchev–Trinajstić information content (AvgIpc) is 3.08. The van der Waals surface area contributed by atoms with E-state index in [4.69, 9.17) is 9.47 Å². The number of carbonyl (C=O) groups excluding carboxylic acids is 1. The van der Waals surface area contributed by atoms with Gasteiger partial charge in [-0.2, -0.15) is 0 Å². The molecule has 2 heterocycles. The van der Waals surface area contributed by atoms with Gasteiger partial charge in [0, 0.05) is 3.57 Å². The number of fused-ring (bicyclic) bond motifs is 1. The molecule has 0 radical (unpaired) electrons. The molecular formula is C25H23IN2O4S. The lowest BCUT2D eigenvalue weighted by Crippen LogP contribution is -2.39. The number of aromatic nitrogens is 1. The molecule has 33 heavy (non-hydrogen) atoms. The molecule has 0 bridgehead atoms. The Labute approximate surface area is 209 Å². The summed E-state index contributed by atoms with van der Waals surface area (Å²) in [6.45, 7) is 6.26. The van der Waals surface area contributed by atoms with Crippen LogP contribution < -0.4 is 19.6 Å². The van der Waals surface area contributed by atoms with Gasteiger partial charge in [0.2, 0.25) is 0 Å². The largest absolute Gasteiger partial charge is 0.494 e. The van der Waals surface area contributed by atoms with Gasteiger partial charge in [-0.15, -0.1) is 0 Å². The van der Waals surface area contributed by atoms with Crippen molar-refractivity contribution >= 4 is 46.0 Å². The van der Waals surface area contributed by atoms with Crippen molar-refractivity contribution in [2.75, 3.05) is 13.2 Å². The molecule has 6 nitrogen and oxygen atoms in total. The first-order valence-electron chi connectivity index (χ1n) is 10.6. The van der Waals surface area contributed by atoms with E-state index in [2.05, 4.69) is 27.6 Å². The second-order valence-corrected chi connectivity index (χ2v) is 9.61. The van der Waals surface area contributed by atoms with Crippen LogP contribution in [0.3, 0.4) is 0 Å². The highest BCUT2D eigenvalue weighted by molar-refractivity contribution is 14.1. The van der Waals surface area contributed by atoms with Crippen LogP contribution in [0.5, 0.6) is 5.75 Å². The minimum Gasteiger partial charge on any atom is -0.494 e. The van der Waals surface area contributed by atoms with Crippen molar-refractivity contribution in [3.8, 4) is 5.75 Å². The molecule has 0 spiro atoms. The van der Waals surface area contributed by atoms with Crippen LogP contribution in [0.15, 0.2) is 69.6 Å². The lowest BCUT2D eigenvalue weighted by Gasteiger charge is -2.24. The molecule has 1 atom stereocenters. The third kappa shape index (κ3) is 4.81. The van der Waals surface area contributed by atoms with Crippen molar-refractivity contribution < 1.29 is 14.3 Å². The zero-order chi connectivity index (χ0) is 23.5. The average molecular weight is 574 g/mol. The summed E-state index contributed by atoms with van der Waals surface area (Å²) in [6.07, 6.45) is 1.87. The lowest BCUT2D eigenvalue weighted by atomic mass is 9.96. The molecule has 0 saturated heterocycles. The third-order valence-corrected chi connectivity index (χ3v) is 6.82. The predicted molar refractivity (Wildman–Crippen MR) is 137 cm³/mol. The second-order valence-electron chi connectivity index (χ2n) is 7.36. The Hall–Kier alpha value is -2.72. The molecule has 0 aliphatic carbocycles. The monoisotopic (exact) mass is 574 g/mol. The van der Waals surface area contributed by atoms with Crippen LogP contribution in [-0.2, 0) is 9.53 Å². The maximum atomic E-state index is 13.6. The molecule has 4 rings (SSSR count). The van der Waals surface area contributed by atoms with Crippen LogP contribution in [0.2, 0.25) is 0 Å². The number of hydrogen-bond donors (Lipinski definition) is 0. The highest BCUT2D eigenvalue weighted by Crippen LogP contribution is 2.31. The summed E-state index contributed by atoms with van der Waals surface area (Å²) in [6, 6.07) is 14.7. The summed E-state index contributed by atoms with van der Waals surface area (Å²) < 4.78 is 14.1. The molecule has 3 aromatic rings. The van der Waals surface area contributed by atoms with E-state index in [0.717, 1.165) is 20.4 Å². The number of benzene rings is 2. The van der Waals surface area contributed by atoms with Crippen LogP contribution in [0, 0.1) is 3.57 Å². The molecule has 1 aliphatic rings. The van der Waals surface area contributed by atoms with Crippen LogP contribution in [0.1, 0.15) is 37.9 Å². The summed E-state index contributed by atoms with van der Waals surface area (Å²) in [5, 5.41) is 0. The second kappa shape index (κ2) is 10.0. The highest BCUT2D eigenvalue weighted by Gasteiger charge is 2.33. The van der Waals surface area contributed by atoms with Gasteiger partial charge >= 0.3 is 5.97 Å². The number of rotatable bonds is 6. The maximum Gasteiger partial charge on any atom is 0.338 e. The Kier molecular flexibility index (Phi) is 7.14. The Balaban J connectivity index is 1.92. The molecule has 0 saturated carbocycles. The fraction of sp³-hybridized carbons (Fsp3) is 0.240. The number of halogens is 1. The molecule has 1 aromatic heterocycles. The number of hydrogen-bond acceptors (Lipinski definition) is 6. The van der Waals surface area contributed by atoms with E-state index in [1.807, 2.05) is 61.5 Å². The number of carbonyl (C=O) groups is 1. The fourth-order valence-corrected chi connectivity index (χ4v) is 5.38. The number of nitrogens with zero attached hydrogens (tertiary/aromatic N) is 2. The van der Waals surface area contributed by atoms with Gasteiger partial charge in [0.25, 0.3) is 5.56 Å². The molecule has 0 amide bonds. The van der Waals surface area contributed by atoms with Crippen molar-refractivity contribution in [1.82, 2.24) is 4.57 Å². The summed E-state index contributed by atoms with van der Waals surface area (Å²) in [5.74, 6) is 0.259. The smallest absolute Gasteiger partial charge is 0.338 e. The van der Waals surface area contributed by atoms with Gasteiger partial charge in [-0.25, -0.2) is 9.79 Å². The van der Waals surface area contributed by atoms with Crippen molar-refractivity contribution in [3.05, 3.63) is 94.2 Å². The van der Waals surface area contributed by atoms with Gasteiger partial charge in [-0.05, 0) is 84.8 Å². The van der Waals surface area contributed by atoms with Gasteiger partial charge in [-0.3, -0.25) is 9.36 Å². The van der Waals surface area contributed by atoms with E-state index in [0.29, 0.717) is 27.2 Å². The quantitative estimate of drug-likeness (QED) is 0.332. The summed E-state index contributed by atoms with van der Waals surface area (Å²) in [4.78, 5) is 31.7. The SMILES string of the molecule is CCOC(=O)C1=C(C)N=c2s/c(=C/c3cccc(I)c3)c(=O)n2[C@H]1c1ccc(OCC)cc1. The minimum absolute atomic E-state index is 0.189. The summed E-state index contributed by atoms with van der Waals surface area (Å²) in [7, 11) is 0. The van der Waals surface area contributed by atoms with E-state index in [-0.39, 0.29) is 12.2 Å². The van der Waals surface area contributed by atoms with Crippen LogP contribution >= 0.6 is 33.9 Å². The van der Waals surface area contributed by atoms with Crippen molar-refractivity contribution in [3.63, 3.8) is 0 Å². The first-order valence-corrected chi connectivity index (χ1v) is 12.5. The van der Waals surface area contributed by atoms with E-state index < -0.39 is 12.0 Å². The molecule has 170 valence electrons. The van der Waals surface area contributed by atoms with Gasteiger partial charge < -0.3 is 9.47 Å². The Morgan fingerprint density at radius 1 is 1.18 bits per heavy atom. The van der Waals surface area contributed by atoms with Gasteiger partial charge in [0.05, 0.1) is 35.1 Å². The maximum absolute atomic E-state index is 13.6. The van der Waals surface area contributed by atoms with Gasteiger partial charge in [0.1, 0.15) is 5.75 Å². The fourth-order valence-electron chi connectivity index (χ4n) is 3.77. The first-order chi connectivity index (χ1) is 15.9. The van der Waals surface area contributed by atoms with Crippen molar-refractivity contribution in [2.24, 2.45) is 4.99 Å². The standard InChI is InChI=1S/C25H23IN2O4S/c1-4-31-19-11-9-17(10-12-19)22-21(24(30)32-5-2)15(3)27-25-28(22)23(29)20(33-25)14-16-7-6-8-18(26)13-16/h6-14,22H,4-5H2,1-3H3/b20-14+/t22-/m0/s1. The van der Waals surface area contributed by atoms with E-state index in [1.165, 1.54) is 11.3 Å². The first kappa shape index (κ1) is 23.4. The van der Waals surface area contributed by atoms with Crippen LogP contribution in [0.25, 0.3) is 6.08 Å². The van der Waals surface area contributed by atoms with Crippen LogP contribution in [0.4, 0.5) is 0 Å². The Morgan fingerprint density at radius 2 is 1.94 bits per heavy atom. The van der Waals surface area contributed by atoms with Gasteiger partial charge in [-0.1, -0.05) is 35.6 Å². The molecular weight excluding hydrogens is 551 g/mol. The predicted octanol–water partition coefficient (Wildman–Crippen LogP) is 3.80. The lowest BCUT2D eigenvalue weighted by molar-refractivity contribution is -0.139. The Morgan fingerprint density at radius 3 is 2.61 bits per heavy atom. The molecule has 0 unspecified atom stereocenters. The van der Waals surface area contributed by atoms with E-state index in [1.54, 1.807) is 18.4 Å². The third-order valence-electron chi connectivity index (χ3n) is 5.17. The number of thiazole rings is 1. The normalized spacial score (nSPS) is 15.8. The van der Waals surface area contributed by atoms with Gasteiger partial charge in [0.15, 0.2) is 4.80 Å². The molecule has 8 heteroatoms. The number of ether oxygens (including phenoxy) is 2. The molecule has 0 N–H and O–H groups in total. The summed E-state index contributed by atoms with van der Waals surface area (Å²) >= 11 is 3.56.